The number of nitrogens with zero attached hydrogens (tertiary/aromatic N) is 2. The molecular weight excluding hydrogens is 342 g/mol. The fraction of sp³-hybridized carbons (Fsp3) is 0.0952. The molecule has 0 unspecified atom stereocenters. The van der Waals surface area contributed by atoms with Crippen molar-refractivity contribution >= 4 is 16.9 Å². The third kappa shape index (κ3) is 3.79. The lowest BCUT2D eigenvalue weighted by atomic mass is 10.1. The number of amides is 1. The predicted molar refractivity (Wildman–Crippen MR) is 101 cm³/mol. The van der Waals surface area contributed by atoms with Gasteiger partial charge in [0.05, 0.1) is 11.9 Å². The van der Waals surface area contributed by atoms with Gasteiger partial charge in [0.25, 0.3) is 5.91 Å². The number of nitrogens with one attached hydrogen (secondary N) is 1. The molecule has 4 aromatic rings. The van der Waals surface area contributed by atoms with Crippen LogP contribution in [-0.4, -0.2) is 15.7 Å². The molecule has 2 aromatic heterocycles. The van der Waals surface area contributed by atoms with E-state index in [-0.39, 0.29) is 11.2 Å². The van der Waals surface area contributed by atoms with Crippen LogP contribution in [0.5, 0.6) is 0 Å². The summed E-state index contributed by atoms with van der Waals surface area (Å²) in [7, 11) is 0. The highest BCUT2D eigenvalue weighted by Gasteiger charge is 2.12. The third-order valence-corrected chi connectivity index (χ3v) is 4.21. The molecule has 1 N–H and O–H groups in total. The highest BCUT2D eigenvalue weighted by molar-refractivity contribution is 5.93. The van der Waals surface area contributed by atoms with Gasteiger partial charge >= 0.3 is 0 Å². The van der Waals surface area contributed by atoms with Crippen molar-refractivity contribution in [2.75, 3.05) is 0 Å². The molecule has 4 rings (SSSR count). The van der Waals surface area contributed by atoms with E-state index in [0.29, 0.717) is 24.1 Å². The highest BCUT2D eigenvalue weighted by Crippen LogP contribution is 2.12. The van der Waals surface area contributed by atoms with Crippen molar-refractivity contribution < 1.29 is 9.21 Å². The summed E-state index contributed by atoms with van der Waals surface area (Å²) >= 11 is 0. The normalized spacial score (nSPS) is 10.8. The summed E-state index contributed by atoms with van der Waals surface area (Å²) in [4.78, 5) is 24.5. The second kappa shape index (κ2) is 7.29. The Morgan fingerprint density at radius 1 is 1.04 bits per heavy atom. The highest BCUT2D eigenvalue weighted by atomic mass is 16.3. The van der Waals surface area contributed by atoms with Crippen LogP contribution in [0.3, 0.4) is 0 Å². The predicted octanol–water partition coefficient (Wildman–Crippen LogP) is 2.97. The van der Waals surface area contributed by atoms with E-state index in [0.717, 1.165) is 11.1 Å². The number of benzene rings is 2. The number of hydrogen-bond acceptors (Lipinski definition) is 4. The monoisotopic (exact) mass is 359 g/mol. The third-order valence-electron chi connectivity index (χ3n) is 4.21. The van der Waals surface area contributed by atoms with E-state index in [9.17, 15) is 9.59 Å². The molecule has 0 aliphatic carbocycles. The SMILES string of the molecule is O=C(NCc1cccc(Cn2cccn2)c1)c1cc(=O)c2ccccc2o1. The van der Waals surface area contributed by atoms with Gasteiger partial charge in [-0.3, -0.25) is 14.3 Å². The molecule has 0 bridgehead atoms. The molecule has 27 heavy (non-hydrogen) atoms. The van der Waals surface area contributed by atoms with Crippen LogP contribution >= 0.6 is 0 Å². The van der Waals surface area contributed by atoms with E-state index in [1.165, 1.54) is 6.07 Å². The maximum absolute atomic E-state index is 12.4. The zero-order valence-electron chi connectivity index (χ0n) is 14.5. The standard InChI is InChI=1S/C21H17N3O3/c25-18-12-20(27-19-8-2-1-7-17(18)19)21(26)22-13-15-5-3-6-16(11-15)14-24-10-4-9-23-24/h1-12H,13-14H2,(H,22,26). The van der Waals surface area contributed by atoms with Gasteiger partial charge in [-0.05, 0) is 29.3 Å². The summed E-state index contributed by atoms with van der Waals surface area (Å²) in [6.07, 6.45) is 3.64. The maximum Gasteiger partial charge on any atom is 0.287 e. The van der Waals surface area contributed by atoms with Gasteiger partial charge in [0.1, 0.15) is 5.58 Å². The number of rotatable bonds is 5. The Morgan fingerprint density at radius 2 is 1.89 bits per heavy atom. The largest absolute Gasteiger partial charge is 0.451 e. The first-order valence-electron chi connectivity index (χ1n) is 8.55. The van der Waals surface area contributed by atoms with Crippen molar-refractivity contribution in [1.29, 1.82) is 0 Å². The summed E-state index contributed by atoms with van der Waals surface area (Å²) in [5, 5.41) is 7.45. The molecular formula is C21H17N3O3. The smallest absolute Gasteiger partial charge is 0.287 e. The second-order valence-corrected chi connectivity index (χ2v) is 6.18. The van der Waals surface area contributed by atoms with Gasteiger partial charge < -0.3 is 9.73 Å². The number of fused-ring (bicyclic) bond motifs is 1. The van der Waals surface area contributed by atoms with Crippen LogP contribution in [0, 0.1) is 0 Å². The van der Waals surface area contributed by atoms with Gasteiger partial charge in [0.2, 0.25) is 0 Å². The Balaban J connectivity index is 1.47. The lowest BCUT2D eigenvalue weighted by Gasteiger charge is -2.08. The van der Waals surface area contributed by atoms with E-state index in [2.05, 4.69) is 10.4 Å². The molecule has 0 aliphatic rings. The number of carbonyl (C=O) groups excluding carboxylic acids is 1. The first kappa shape index (κ1) is 16.8. The maximum atomic E-state index is 12.4. The van der Waals surface area contributed by atoms with Crippen molar-refractivity contribution in [1.82, 2.24) is 15.1 Å². The number of hydrogen-bond donors (Lipinski definition) is 1. The molecule has 134 valence electrons. The molecule has 0 saturated carbocycles. The number of aromatic nitrogens is 2. The van der Waals surface area contributed by atoms with E-state index in [1.807, 2.05) is 41.2 Å². The molecule has 6 nitrogen and oxygen atoms in total. The summed E-state index contributed by atoms with van der Waals surface area (Å²) in [5.41, 5.74) is 2.21. The quantitative estimate of drug-likeness (QED) is 0.594. The summed E-state index contributed by atoms with van der Waals surface area (Å²) in [5.74, 6) is -0.415. The van der Waals surface area contributed by atoms with E-state index in [1.54, 1.807) is 30.5 Å². The molecule has 0 aliphatic heterocycles. The van der Waals surface area contributed by atoms with Crippen LogP contribution in [0.1, 0.15) is 21.7 Å². The van der Waals surface area contributed by atoms with Crippen LogP contribution in [0.25, 0.3) is 11.0 Å². The zero-order chi connectivity index (χ0) is 18.6. The van der Waals surface area contributed by atoms with Crippen molar-refractivity contribution in [3.05, 3.63) is 100 Å². The lowest BCUT2D eigenvalue weighted by molar-refractivity contribution is 0.0923. The average molecular weight is 359 g/mol. The van der Waals surface area contributed by atoms with Gasteiger partial charge in [0.15, 0.2) is 11.2 Å². The average Bonchev–Trinajstić information content (AvgIpc) is 3.19. The van der Waals surface area contributed by atoms with E-state index >= 15 is 0 Å². The van der Waals surface area contributed by atoms with Crippen LogP contribution < -0.4 is 10.7 Å². The molecule has 1 amide bonds. The van der Waals surface area contributed by atoms with Crippen LogP contribution in [0.2, 0.25) is 0 Å². The molecule has 0 fully saturated rings. The van der Waals surface area contributed by atoms with Crippen LogP contribution in [-0.2, 0) is 13.1 Å². The molecule has 6 heteroatoms. The van der Waals surface area contributed by atoms with E-state index < -0.39 is 5.91 Å². The Morgan fingerprint density at radius 3 is 2.74 bits per heavy atom. The zero-order valence-corrected chi connectivity index (χ0v) is 14.5. The molecule has 0 saturated heterocycles. The van der Waals surface area contributed by atoms with Crippen molar-refractivity contribution in [2.24, 2.45) is 0 Å². The van der Waals surface area contributed by atoms with Gasteiger partial charge in [-0.25, -0.2) is 0 Å². The van der Waals surface area contributed by atoms with Crippen LogP contribution in [0.15, 0.2) is 82.3 Å². The Kier molecular flexibility index (Phi) is 4.53. The molecule has 0 radical (unpaired) electrons. The molecule has 2 heterocycles. The number of carbonyl (C=O) groups is 1. The van der Waals surface area contributed by atoms with Crippen LogP contribution in [0.4, 0.5) is 0 Å². The van der Waals surface area contributed by atoms with Crippen molar-refractivity contribution in [3.8, 4) is 0 Å². The lowest BCUT2D eigenvalue weighted by Crippen LogP contribution is -2.24. The first-order valence-corrected chi connectivity index (χ1v) is 8.55. The van der Waals surface area contributed by atoms with Crippen molar-refractivity contribution in [2.45, 2.75) is 13.1 Å². The van der Waals surface area contributed by atoms with E-state index in [4.69, 9.17) is 4.42 Å². The van der Waals surface area contributed by atoms with Gasteiger partial charge in [0, 0.05) is 25.0 Å². The Bertz CT molecular complexity index is 1150. The Hall–Kier alpha value is -3.67. The topological polar surface area (TPSA) is 77.1 Å². The van der Waals surface area contributed by atoms with Gasteiger partial charge in [-0.1, -0.05) is 36.4 Å². The minimum atomic E-state index is -0.421. The second-order valence-electron chi connectivity index (χ2n) is 6.18. The fourth-order valence-corrected chi connectivity index (χ4v) is 2.90. The number of para-hydroxylation sites is 1. The van der Waals surface area contributed by atoms with Crippen molar-refractivity contribution in [3.63, 3.8) is 0 Å². The minimum absolute atomic E-state index is 0.00592. The summed E-state index contributed by atoms with van der Waals surface area (Å²) in [6, 6.07) is 17.9. The Labute approximate surface area is 155 Å². The van der Waals surface area contributed by atoms with Gasteiger partial charge in [-0.2, -0.15) is 5.10 Å². The molecule has 2 aromatic carbocycles. The minimum Gasteiger partial charge on any atom is -0.451 e. The molecule has 0 spiro atoms. The first-order chi connectivity index (χ1) is 13.2. The fourth-order valence-electron chi connectivity index (χ4n) is 2.90. The summed E-state index contributed by atoms with van der Waals surface area (Å²) in [6.45, 7) is 0.997. The van der Waals surface area contributed by atoms with Gasteiger partial charge in [-0.15, -0.1) is 0 Å². The summed E-state index contributed by atoms with van der Waals surface area (Å²) < 4.78 is 7.40. The molecule has 0 atom stereocenters.